The number of benzene rings is 1. The number of nitrogens with one attached hydrogen (secondary N) is 1. The average Bonchev–Trinajstić information content (AvgIpc) is 2.44. The van der Waals surface area contributed by atoms with E-state index < -0.39 is 0 Å². The van der Waals surface area contributed by atoms with Crippen LogP contribution in [0, 0.1) is 0 Å². The Kier molecular flexibility index (Phi) is 6.84. The van der Waals surface area contributed by atoms with E-state index in [1.54, 1.807) is 35.2 Å². The first kappa shape index (κ1) is 17.1. The fraction of sp³-hybridized carbons (Fsp3) is 0.0714. The van der Waals surface area contributed by atoms with Gasteiger partial charge in [0.15, 0.2) is 12.4 Å². The summed E-state index contributed by atoms with van der Waals surface area (Å²) in [6.07, 6.45) is 4.99. The minimum absolute atomic E-state index is 0. The molecule has 1 aromatic heterocycles. The molecule has 0 saturated heterocycles. The molecule has 2 N–H and O–H groups in total. The van der Waals surface area contributed by atoms with E-state index in [1.165, 1.54) is 6.21 Å². The fourth-order valence-corrected chi connectivity index (χ4v) is 1.92. The van der Waals surface area contributed by atoms with Gasteiger partial charge in [0.05, 0.1) is 6.21 Å². The van der Waals surface area contributed by atoms with E-state index in [0.29, 0.717) is 5.56 Å². The van der Waals surface area contributed by atoms with Gasteiger partial charge >= 0.3 is 5.91 Å². The lowest BCUT2D eigenvalue weighted by molar-refractivity contribution is -0.684. The van der Waals surface area contributed by atoms with Crippen molar-refractivity contribution in [2.45, 2.75) is 6.54 Å². The quantitative estimate of drug-likeness (QED) is 0.395. The molecule has 0 aliphatic rings. The van der Waals surface area contributed by atoms with Crippen LogP contribution in [0.15, 0.2) is 58.4 Å². The number of nitrogens with zero attached hydrogens (tertiary/aromatic N) is 2. The van der Waals surface area contributed by atoms with Gasteiger partial charge in [-0.25, -0.2) is 5.43 Å². The number of amides is 1. The number of phenolic OH excluding ortho intramolecular Hbond substituents is 1. The molecule has 0 bridgehead atoms. The van der Waals surface area contributed by atoms with E-state index in [2.05, 4.69) is 26.5 Å². The molecule has 0 fully saturated rings. The molecule has 1 aromatic carbocycles. The van der Waals surface area contributed by atoms with Crippen molar-refractivity contribution in [2.24, 2.45) is 5.10 Å². The lowest BCUT2D eigenvalue weighted by atomic mass is 10.2. The van der Waals surface area contributed by atoms with Crippen molar-refractivity contribution >= 4 is 28.1 Å². The maximum atomic E-state index is 11.6. The molecule has 2 aromatic rings. The summed E-state index contributed by atoms with van der Waals surface area (Å²) in [5.74, 6) is -0.143. The Hall–Kier alpha value is -1.92. The van der Waals surface area contributed by atoms with Crippen LogP contribution < -0.4 is 22.4 Å². The summed E-state index contributed by atoms with van der Waals surface area (Å²) in [6.45, 7) is 0.183. The number of carbonyl (C=O) groups is 1. The monoisotopic (exact) mass is 369 g/mol. The van der Waals surface area contributed by atoms with Gasteiger partial charge in [0.2, 0.25) is 6.54 Å². The zero-order chi connectivity index (χ0) is 14.4. The molecule has 110 valence electrons. The summed E-state index contributed by atoms with van der Waals surface area (Å²) in [7, 11) is 0. The van der Waals surface area contributed by atoms with Gasteiger partial charge in [-0.15, -0.1) is 0 Å². The lowest BCUT2D eigenvalue weighted by Gasteiger charge is -1.99. The zero-order valence-electron chi connectivity index (χ0n) is 10.9. The molecule has 2 rings (SSSR count). The predicted molar refractivity (Wildman–Crippen MR) is 78.2 cm³/mol. The molecule has 0 atom stereocenters. The lowest BCUT2D eigenvalue weighted by Crippen LogP contribution is -3.00. The van der Waals surface area contributed by atoms with Crippen molar-refractivity contribution in [1.29, 1.82) is 0 Å². The first-order chi connectivity index (χ1) is 9.65. The first-order valence-electron chi connectivity index (χ1n) is 5.89. The number of hydrazone groups is 1. The minimum atomic E-state index is -0.244. The molecule has 0 aliphatic heterocycles. The second-order valence-corrected chi connectivity index (χ2v) is 4.96. The van der Waals surface area contributed by atoms with Gasteiger partial charge in [-0.05, 0) is 18.2 Å². The molecule has 1 heterocycles. The molecule has 0 saturated carbocycles. The Morgan fingerprint density at radius 2 is 2.05 bits per heavy atom. The van der Waals surface area contributed by atoms with Crippen molar-refractivity contribution in [3.05, 3.63) is 58.8 Å². The highest BCUT2D eigenvalue weighted by atomic mass is 79.9. The van der Waals surface area contributed by atoms with E-state index >= 15 is 0 Å². The number of hydrogen-bond donors (Lipinski definition) is 2. The largest absolute Gasteiger partial charge is 1.00 e. The number of rotatable bonds is 4. The minimum Gasteiger partial charge on any atom is -1.00 e. The molecular weight excluding hydrogens is 358 g/mol. The van der Waals surface area contributed by atoms with Gasteiger partial charge in [0, 0.05) is 22.2 Å². The van der Waals surface area contributed by atoms with Crippen LogP contribution in [-0.4, -0.2) is 17.2 Å². The molecule has 0 aliphatic carbocycles. The normalized spacial score (nSPS) is 10.1. The summed E-state index contributed by atoms with van der Waals surface area (Å²) < 4.78 is 2.56. The molecule has 0 spiro atoms. The van der Waals surface area contributed by atoms with E-state index in [1.807, 2.05) is 18.2 Å². The molecule has 7 heteroatoms. The number of pyridine rings is 1. The Balaban J connectivity index is 0.00000220. The summed E-state index contributed by atoms with van der Waals surface area (Å²) in [6, 6.07) is 10.5. The van der Waals surface area contributed by atoms with Gasteiger partial charge in [-0.3, -0.25) is 4.79 Å². The summed E-state index contributed by atoms with van der Waals surface area (Å²) >= 11 is 3.30. The zero-order valence-corrected chi connectivity index (χ0v) is 13.3. The second kappa shape index (κ2) is 8.39. The summed E-state index contributed by atoms with van der Waals surface area (Å²) in [5, 5.41) is 13.4. The van der Waals surface area contributed by atoms with Crippen LogP contribution in [0.5, 0.6) is 5.75 Å². The van der Waals surface area contributed by atoms with Gasteiger partial charge in [0.25, 0.3) is 0 Å². The number of carbonyl (C=O) groups excluding carboxylic acids is 1. The Labute approximate surface area is 136 Å². The van der Waals surface area contributed by atoms with Crippen LogP contribution in [0.4, 0.5) is 0 Å². The SMILES string of the molecule is O=C(C[n+]1ccccc1)NN=Cc1cc(Br)ccc1O.[Cl-]. The van der Waals surface area contributed by atoms with Crippen molar-refractivity contribution in [1.82, 2.24) is 5.43 Å². The molecule has 0 radical (unpaired) electrons. The Morgan fingerprint density at radius 3 is 2.76 bits per heavy atom. The van der Waals surface area contributed by atoms with Crippen molar-refractivity contribution < 1.29 is 26.9 Å². The number of aromatic nitrogens is 1. The molecule has 1 amide bonds. The number of halogens is 2. The average molecular weight is 371 g/mol. The highest BCUT2D eigenvalue weighted by molar-refractivity contribution is 9.10. The topological polar surface area (TPSA) is 65.6 Å². The predicted octanol–water partition coefficient (Wildman–Crippen LogP) is -1.40. The van der Waals surface area contributed by atoms with Gasteiger partial charge in [-0.2, -0.15) is 9.67 Å². The van der Waals surface area contributed by atoms with Crippen LogP contribution in [0.1, 0.15) is 5.56 Å². The Bertz CT molecular complexity index is 635. The van der Waals surface area contributed by atoms with Crippen LogP contribution in [0.2, 0.25) is 0 Å². The Morgan fingerprint density at radius 1 is 1.33 bits per heavy atom. The third-order valence-corrected chi connectivity index (χ3v) is 2.98. The van der Waals surface area contributed by atoms with E-state index in [4.69, 9.17) is 0 Å². The van der Waals surface area contributed by atoms with Crippen molar-refractivity contribution in [3.8, 4) is 5.75 Å². The maximum Gasteiger partial charge on any atom is 0.305 e. The van der Waals surface area contributed by atoms with Crippen molar-refractivity contribution in [2.75, 3.05) is 0 Å². The maximum absolute atomic E-state index is 11.6. The van der Waals surface area contributed by atoms with E-state index in [-0.39, 0.29) is 30.6 Å². The molecular formula is C14H13BrClN3O2. The van der Waals surface area contributed by atoms with Crippen LogP contribution in [0.25, 0.3) is 0 Å². The number of aromatic hydroxyl groups is 1. The third-order valence-electron chi connectivity index (χ3n) is 2.49. The standard InChI is InChI=1S/C14H12BrN3O2.ClH/c15-12-4-5-13(19)11(8-12)9-16-17-14(20)10-18-6-2-1-3-7-18;/h1-9H,10H2,(H-,16,17,19,20);1H. The highest BCUT2D eigenvalue weighted by Gasteiger charge is 2.06. The summed E-state index contributed by atoms with van der Waals surface area (Å²) in [5.41, 5.74) is 2.93. The van der Waals surface area contributed by atoms with Gasteiger partial charge < -0.3 is 17.5 Å². The number of phenols is 1. The van der Waals surface area contributed by atoms with E-state index in [9.17, 15) is 9.90 Å². The highest BCUT2D eigenvalue weighted by Crippen LogP contribution is 2.19. The molecule has 0 unspecified atom stereocenters. The van der Waals surface area contributed by atoms with Gasteiger partial charge in [-0.1, -0.05) is 22.0 Å². The first-order valence-corrected chi connectivity index (χ1v) is 6.69. The molecule has 21 heavy (non-hydrogen) atoms. The number of hydrogen-bond acceptors (Lipinski definition) is 3. The third kappa shape index (κ3) is 5.53. The fourth-order valence-electron chi connectivity index (χ4n) is 1.54. The molecule has 5 nitrogen and oxygen atoms in total. The smallest absolute Gasteiger partial charge is 0.305 e. The van der Waals surface area contributed by atoms with Crippen LogP contribution in [0.3, 0.4) is 0 Å². The van der Waals surface area contributed by atoms with Crippen LogP contribution >= 0.6 is 15.9 Å². The second-order valence-electron chi connectivity index (χ2n) is 4.04. The van der Waals surface area contributed by atoms with Gasteiger partial charge in [0.1, 0.15) is 5.75 Å². The van der Waals surface area contributed by atoms with Crippen LogP contribution in [-0.2, 0) is 11.3 Å². The summed E-state index contributed by atoms with van der Waals surface area (Å²) in [4.78, 5) is 11.6. The van der Waals surface area contributed by atoms with E-state index in [0.717, 1.165) is 4.47 Å². The van der Waals surface area contributed by atoms with Crippen molar-refractivity contribution in [3.63, 3.8) is 0 Å².